The number of benzene rings is 2. The number of fused-ring (bicyclic) bond motifs is 3. The van der Waals surface area contributed by atoms with Crippen LogP contribution in [0.15, 0.2) is 75.8 Å². The fourth-order valence-electron chi connectivity index (χ4n) is 1.90. The van der Waals surface area contributed by atoms with Gasteiger partial charge in [0, 0.05) is 10.8 Å². The van der Waals surface area contributed by atoms with Gasteiger partial charge in [0.05, 0.1) is 0 Å². The van der Waals surface area contributed by atoms with Crippen LogP contribution in [0.3, 0.4) is 0 Å². The molecule has 0 unspecified atom stereocenters. The maximum absolute atomic E-state index is 5.65. The minimum Gasteiger partial charge on any atom is -0.456 e. The summed E-state index contributed by atoms with van der Waals surface area (Å²) in [6.45, 7) is 0. The third kappa shape index (κ3) is 2.15. The van der Waals surface area contributed by atoms with Crippen molar-refractivity contribution in [1.82, 2.24) is 0 Å². The molecule has 4 aromatic rings. The lowest BCUT2D eigenvalue weighted by atomic mass is 10.2. The van der Waals surface area contributed by atoms with Gasteiger partial charge in [0.2, 0.25) is 0 Å². The molecular formula is C16H12OS. The summed E-state index contributed by atoms with van der Waals surface area (Å²) in [7, 11) is 0. The van der Waals surface area contributed by atoms with Crippen molar-refractivity contribution in [2.45, 2.75) is 0 Å². The Morgan fingerprint density at radius 3 is 1.56 bits per heavy atom. The normalized spacial score (nSPS) is 10.2. The minimum atomic E-state index is 0.962. The van der Waals surface area contributed by atoms with Crippen LogP contribution in [0, 0.1) is 0 Å². The van der Waals surface area contributed by atoms with E-state index in [-0.39, 0.29) is 0 Å². The number of rotatable bonds is 0. The van der Waals surface area contributed by atoms with Gasteiger partial charge in [0.1, 0.15) is 11.2 Å². The van der Waals surface area contributed by atoms with Crippen molar-refractivity contribution in [2.24, 2.45) is 0 Å². The minimum absolute atomic E-state index is 0.962. The van der Waals surface area contributed by atoms with E-state index in [1.165, 1.54) is 10.8 Å². The lowest BCUT2D eigenvalue weighted by Crippen LogP contribution is -1.62. The highest BCUT2D eigenvalue weighted by atomic mass is 32.1. The first-order valence-corrected chi connectivity index (χ1v) is 6.73. The Morgan fingerprint density at radius 2 is 1.11 bits per heavy atom. The van der Waals surface area contributed by atoms with Crippen molar-refractivity contribution in [3.63, 3.8) is 0 Å². The van der Waals surface area contributed by atoms with E-state index in [9.17, 15) is 0 Å². The number of hydrogen-bond acceptors (Lipinski definition) is 2. The largest absolute Gasteiger partial charge is 0.456 e. The van der Waals surface area contributed by atoms with Crippen LogP contribution in [0.5, 0.6) is 0 Å². The molecule has 0 saturated carbocycles. The van der Waals surface area contributed by atoms with Crippen LogP contribution in [-0.4, -0.2) is 0 Å². The molecule has 0 bridgehead atoms. The predicted octanol–water partition coefficient (Wildman–Crippen LogP) is 5.33. The van der Waals surface area contributed by atoms with E-state index >= 15 is 0 Å². The molecule has 0 spiro atoms. The van der Waals surface area contributed by atoms with Crippen LogP contribution in [0.1, 0.15) is 0 Å². The van der Waals surface area contributed by atoms with Gasteiger partial charge < -0.3 is 4.42 Å². The van der Waals surface area contributed by atoms with Crippen LogP contribution >= 0.6 is 11.3 Å². The Kier molecular flexibility index (Phi) is 3.11. The summed E-state index contributed by atoms with van der Waals surface area (Å²) in [4.78, 5) is 0. The third-order valence-corrected chi connectivity index (χ3v) is 3.34. The first-order chi connectivity index (χ1) is 8.95. The topological polar surface area (TPSA) is 13.1 Å². The van der Waals surface area contributed by atoms with Crippen LogP contribution in [-0.2, 0) is 0 Å². The maximum atomic E-state index is 5.65. The third-order valence-electron chi connectivity index (χ3n) is 2.71. The molecule has 2 aromatic carbocycles. The van der Waals surface area contributed by atoms with Crippen molar-refractivity contribution < 1.29 is 4.42 Å². The molecule has 18 heavy (non-hydrogen) atoms. The van der Waals surface area contributed by atoms with E-state index in [0.29, 0.717) is 0 Å². The molecule has 0 saturated heterocycles. The molecular weight excluding hydrogens is 240 g/mol. The smallest absolute Gasteiger partial charge is 0.135 e. The van der Waals surface area contributed by atoms with E-state index in [1.54, 1.807) is 11.3 Å². The summed E-state index contributed by atoms with van der Waals surface area (Å²) >= 11 is 1.71. The Hall–Kier alpha value is -2.06. The van der Waals surface area contributed by atoms with Crippen molar-refractivity contribution in [2.75, 3.05) is 0 Å². The zero-order chi connectivity index (χ0) is 12.2. The van der Waals surface area contributed by atoms with E-state index in [0.717, 1.165) is 11.2 Å². The number of furan rings is 1. The van der Waals surface area contributed by atoms with Gasteiger partial charge in [-0.2, -0.15) is 11.3 Å². The number of thiophene rings is 1. The Labute approximate surface area is 109 Å². The average molecular weight is 252 g/mol. The fraction of sp³-hybridized carbons (Fsp3) is 0. The van der Waals surface area contributed by atoms with Crippen molar-refractivity contribution in [3.8, 4) is 0 Å². The Morgan fingerprint density at radius 1 is 0.611 bits per heavy atom. The zero-order valence-corrected chi connectivity index (χ0v) is 10.6. The molecule has 0 amide bonds. The summed E-state index contributed by atoms with van der Waals surface area (Å²) in [5.41, 5.74) is 1.92. The molecule has 0 aliphatic carbocycles. The van der Waals surface area contributed by atoms with Gasteiger partial charge in [0.15, 0.2) is 0 Å². The standard InChI is InChI=1S/C12H8O.C4H4S/c1-3-7-11-9(5-1)10-6-2-4-8-12(10)13-11;1-2-4-5-3-1/h1-8H;1-4H. The van der Waals surface area contributed by atoms with Gasteiger partial charge in [-0.3, -0.25) is 0 Å². The summed E-state index contributed by atoms with van der Waals surface area (Å²) in [5.74, 6) is 0. The molecule has 0 N–H and O–H groups in total. The second kappa shape index (κ2) is 5.07. The molecule has 2 heterocycles. The molecule has 0 radical (unpaired) electrons. The Balaban J connectivity index is 0.000000169. The number of para-hydroxylation sites is 2. The zero-order valence-electron chi connectivity index (χ0n) is 9.74. The maximum Gasteiger partial charge on any atom is 0.135 e. The first kappa shape index (κ1) is 11.1. The second-order valence-electron chi connectivity index (χ2n) is 3.89. The molecule has 88 valence electrons. The lowest BCUT2D eigenvalue weighted by molar-refractivity contribution is 0.669. The van der Waals surface area contributed by atoms with Gasteiger partial charge >= 0.3 is 0 Å². The summed E-state index contributed by atoms with van der Waals surface area (Å²) in [6, 6.07) is 20.2. The molecule has 0 fully saturated rings. The predicted molar refractivity (Wildman–Crippen MR) is 78.0 cm³/mol. The van der Waals surface area contributed by atoms with Crippen LogP contribution < -0.4 is 0 Å². The van der Waals surface area contributed by atoms with Gasteiger partial charge in [-0.1, -0.05) is 48.5 Å². The highest BCUT2D eigenvalue weighted by molar-refractivity contribution is 7.07. The SMILES string of the molecule is c1ccc2c(c1)oc1ccccc12.c1ccsc1. The molecule has 0 aliphatic rings. The van der Waals surface area contributed by atoms with Crippen LogP contribution in [0.4, 0.5) is 0 Å². The lowest BCUT2D eigenvalue weighted by Gasteiger charge is -1.85. The summed E-state index contributed by atoms with van der Waals surface area (Å²) in [5, 5.41) is 6.47. The summed E-state index contributed by atoms with van der Waals surface area (Å²) in [6.07, 6.45) is 0. The van der Waals surface area contributed by atoms with Crippen molar-refractivity contribution in [3.05, 3.63) is 71.4 Å². The van der Waals surface area contributed by atoms with Gasteiger partial charge in [-0.15, -0.1) is 0 Å². The first-order valence-electron chi connectivity index (χ1n) is 5.78. The molecule has 2 heteroatoms. The van der Waals surface area contributed by atoms with E-state index in [4.69, 9.17) is 4.42 Å². The highest BCUT2D eigenvalue weighted by Crippen LogP contribution is 2.27. The van der Waals surface area contributed by atoms with Crippen molar-refractivity contribution >= 4 is 33.3 Å². The second-order valence-corrected chi connectivity index (χ2v) is 4.70. The average Bonchev–Trinajstić information content (AvgIpc) is 3.10. The molecule has 0 aliphatic heterocycles. The Bertz CT molecular complexity index is 670. The molecule has 1 nitrogen and oxygen atoms in total. The van der Waals surface area contributed by atoms with Crippen LogP contribution in [0.2, 0.25) is 0 Å². The van der Waals surface area contributed by atoms with E-state index < -0.39 is 0 Å². The number of hydrogen-bond donors (Lipinski definition) is 0. The van der Waals surface area contributed by atoms with E-state index in [2.05, 4.69) is 12.1 Å². The summed E-state index contributed by atoms with van der Waals surface area (Å²) < 4.78 is 5.65. The molecule has 0 atom stereocenters. The molecule has 4 rings (SSSR count). The quantitative estimate of drug-likeness (QED) is 0.412. The van der Waals surface area contributed by atoms with Crippen molar-refractivity contribution in [1.29, 1.82) is 0 Å². The van der Waals surface area contributed by atoms with Gasteiger partial charge in [-0.25, -0.2) is 0 Å². The highest BCUT2D eigenvalue weighted by Gasteiger charge is 2.03. The van der Waals surface area contributed by atoms with Gasteiger partial charge in [-0.05, 0) is 22.9 Å². The fourth-order valence-corrected chi connectivity index (χ4v) is 2.36. The monoisotopic (exact) mass is 252 g/mol. The van der Waals surface area contributed by atoms with Gasteiger partial charge in [0.25, 0.3) is 0 Å². The van der Waals surface area contributed by atoms with E-state index in [1.807, 2.05) is 59.3 Å². The molecule has 2 aromatic heterocycles. The van der Waals surface area contributed by atoms with Crippen LogP contribution in [0.25, 0.3) is 21.9 Å².